The summed E-state index contributed by atoms with van der Waals surface area (Å²) >= 11 is 0. The maximum atomic E-state index is 11.9. The van der Waals surface area contributed by atoms with Crippen LogP contribution in [0.25, 0.3) is 10.8 Å². The maximum absolute atomic E-state index is 11.9. The molecule has 0 aliphatic carbocycles. The predicted molar refractivity (Wildman–Crippen MR) is 93.7 cm³/mol. The van der Waals surface area contributed by atoms with Crippen LogP contribution in [0.4, 0.5) is 0 Å². The fourth-order valence-corrected chi connectivity index (χ4v) is 3.40. The van der Waals surface area contributed by atoms with Gasteiger partial charge in [0.25, 0.3) is 0 Å². The molecule has 0 N–H and O–H groups in total. The predicted octanol–water partition coefficient (Wildman–Crippen LogP) is 4.32. The van der Waals surface area contributed by atoms with Crippen molar-refractivity contribution in [1.82, 2.24) is 0 Å². The van der Waals surface area contributed by atoms with Crippen molar-refractivity contribution in [3.63, 3.8) is 0 Å². The molecule has 24 heavy (non-hydrogen) atoms. The van der Waals surface area contributed by atoms with Gasteiger partial charge in [0.2, 0.25) is 0 Å². The minimum Gasteiger partial charge on any atom is -0.492 e. The average Bonchev–Trinajstić information content (AvgIpc) is 2.98. The minimum absolute atomic E-state index is 0.288. The lowest BCUT2D eigenvalue weighted by molar-refractivity contribution is 0.0600. The normalized spacial score (nSPS) is 18.9. The standard InChI is InChI=1S/C21H18O3/c1-21(17-9-7-14-5-3-4-6-15(14)11-17)13-24-19-10-8-16(12-18(19)21)20(22)23-2/h3-12H,13H2,1-2H3. The van der Waals surface area contributed by atoms with Gasteiger partial charge in [-0.1, -0.05) is 42.5 Å². The number of fused-ring (bicyclic) bond motifs is 2. The average molecular weight is 318 g/mol. The molecule has 3 aromatic carbocycles. The second-order valence-corrected chi connectivity index (χ2v) is 6.39. The van der Waals surface area contributed by atoms with Crippen molar-refractivity contribution in [3.05, 3.63) is 77.4 Å². The van der Waals surface area contributed by atoms with E-state index in [-0.39, 0.29) is 11.4 Å². The highest BCUT2D eigenvalue weighted by atomic mass is 16.5. The Bertz CT molecular complexity index is 945. The van der Waals surface area contributed by atoms with Gasteiger partial charge in [-0.2, -0.15) is 0 Å². The van der Waals surface area contributed by atoms with Crippen LogP contribution in [0, 0.1) is 0 Å². The molecule has 0 amide bonds. The smallest absolute Gasteiger partial charge is 0.337 e. The summed E-state index contributed by atoms with van der Waals surface area (Å²) in [5.74, 6) is 0.504. The van der Waals surface area contributed by atoms with Gasteiger partial charge in [-0.05, 0) is 41.5 Å². The summed E-state index contributed by atoms with van der Waals surface area (Å²) in [5, 5.41) is 2.42. The minimum atomic E-state index is -0.328. The fourth-order valence-electron chi connectivity index (χ4n) is 3.40. The number of esters is 1. The van der Waals surface area contributed by atoms with E-state index in [9.17, 15) is 4.79 Å². The molecule has 0 saturated heterocycles. The van der Waals surface area contributed by atoms with Crippen LogP contribution < -0.4 is 4.74 Å². The molecule has 0 spiro atoms. The maximum Gasteiger partial charge on any atom is 0.337 e. The highest BCUT2D eigenvalue weighted by Crippen LogP contribution is 2.44. The van der Waals surface area contributed by atoms with Crippen molar-refractivity contribution < 1.29 is 14.3 Å². The number of methoxy groups -OCH3 is 1. The fraction of sp³-hybridized carbons (Fsp3) is 0.190. The zero-order valence-corrected chi connectivity index (χ0v) is 13.7. The van der Waals surface area contributed by atoms with Crippen molar-refractivity contribution in [2.45, 2.75) is 12.3 Å². The number of ether oxygens (including phenoxy) is 2. The first-order valence-corrected chi connectivity index (χ1v) is 7.97. The Labute approximate surface area is 140 Å². The van der Waals surface area contributed by atoms with Crippen LogP contribution in [0.1, 0.15) is 28.4 Å². The summed E-state index contributed by atoms with van der Waals surface area (Å²) in [4.78, 5) is 11.9. The summed E-state index contributed by atoms with van der Waals surface area (Å²) in [6.45, 7) is 2.72. The van der Waals surface area contributed by atoms with E-state index in [0.29, 0.717) is 12.2 Å². The molecule has 1 atom stereocenters. The molecule has 3 nitrogen and oxygen atoms in total. The van der Waals surface area contributed by atoms with E-state index in [4.69, 9.17) is 9.47 Å². The molecular weight excluding hydrogens is 300 g/mol. The highest BCUT2D eigenvalue weighted by Gasteiger charge is 2.38. The molecule has 120 valence electrons. The summed E-state index contributed by atoms with van der Waals surface area (Å²) in [5.41, 5.74) is 2.47. The molecule has 1 aliphatic heterocycles. The van der Waals surface area contributed by atoms with E-state index in [1.807, 2.05) is 24.3 Å². The van der Waals surface area contributed by atoms with Gasteiger partial charge in [0.05, 0.1) is 18.1 Å². The summed E-state index contributed by atoms with van der Waals surface area (Å²) in [7, 11) is 1.40. The van der Waals surface area contributed by atoms with Gasteiger partial charge in [-0.3, -0.25) is 0 Å². The first-order chi connectivity index (χ1) is 11.6. The lowest BCUT2D eigenvalue weighted by Gasteiger charge is -2.24. The molecule has 1 aliphatic rings. The Kier molecular flexibility index (Phi) is 3.31. The van der Waals surface area contributed by atoms with Crippen molar-refractivity contribution in [1.29, 1.82) is 0 Å². The Morgan fingerprint density at radius 2 is 1.83 bits per heavy atom. The number of rotatable bonds is 2. The summed E-state index contributed by atoms with van der Waals surface area (Å²) in [6, 6.07) is 20.3. The van der Waals surface area contributed by atoms with Crippen LogP contribution in [-0.2, 0) is 10.2 Å². The van der Waals surface area contributed by atoms with Crippen LogP contribution in [0.5, 0.6) is 5.75 Å². The van der Waals surface area contributed by atoms with Crippen molar-refractivity contribution >= 4 is 16.7 Å². The molecule has 0 saturated carbocycles. The number of hydrogen-bond donors (Lipinski definition) is 0. The van der Waals surface area contributed by atoms with Crippen LogP contribution in [0.3, 0.4) is 0 Å². The quantitative estimate of drug-likeness (QED) is 0.660. The molecule has 0 radical (unpaired) electrons. The second-order valence-electron chi connectivity index (χ2n) is 6.39. The highest BCUT2D eigenvalue weighted by molar-refractivity contribution is 5.90. The van der Waals surface area contributed by atoms with E-state index in [1.54, 1.807) is 6.07 Å². The Balaban J connectivity index is 1.85. The topological polar surface area (TPSA) is 35.5 Å². The van der Waals surface area contributed by atoms with Crippen LogP contribution in [0.2, 0.25) is 0 Å². The molecule has 3 aromatic rings. The Morgan fingerprint density at radius 3 is 2.62 bits per heavy atom. The summed E-state index contributed by atoms with van der Waals surface area (Å²) < 4.78 is 10.7. The molecule has 0 fully saturated rings. The SMILES string of the molecule is COC(=O)c1ccc2c(c1)C(C)(c1ccc3ccccc3c1)CO2. The molecule has 1 heterocycles. The largest absolute Gasteiger partial charge is 0.492 e. The zero-order chi connectivity index (χ0) is 16.7. The first-order valence-electron chi connectivity index (χ1n) is 7.97. The van der Waals surface area contributed by atoms with Crippen molar-refractivity contribution in [3.8, 4) is 5.75 Å². The third-order valence-electron chi connectivity index (χ3n) is 4.90. The van der Waals surface area contributed by atoms with Gasteiger partial charge < -0.3 is 9.47 Å². The van der Waals surface area contributed by atoms with Gasteiger partial charge in [0.15, 0.2) is 0 Å². The summed E-state index contributed by atoms with van der Waals surface area (Å²) in [6.07, 6.45) is 0. The van der Waals surface area contributed by atoms with Crippen LogP contribution in [-0.4, -0.2) is 19.7 Å². The van der Waals surface area contributed by atoms with Gasteiger partial charge in [0.1, 0.15) is 12.4 Å². The van der Waals surface area contributed by atoms with Crippen molar-refractivity contribution in [2.75, 3.05) is 13.7 Å². The number of carbonyl (C=O) groups excluding carboxylic acids is 1. The zero-order valence-electron chi connectivity index (χ0n) is 13.7. The number of carbonyl (C=O) groups is 1. The Hall–Kier alpha value is -2.81. The molecular formula is C21H18O3. The molecule has 0 bridgehead atoms. The third-order valence-corrected chi connectivity index (χ3v) is 4.90. The van der Waals surface area contributed by atoms with Gasteiger partial charge in [0, 0.05) is 5.56 Å². The van der Waals surface area contributed by atoms with Gasteiger partial charge >= 0.3 is 5.97 Å². The molecule has 3 heteroatoms. The van der Waals surface area contributed by atoms with E-state index < -0.39 is 0 Å². The van der Waals surface area contributed by atoms with Crippen molar-refractivity contribution in [2.24, 2.45) is 0 Å². The molecule has 1 unspecified atom stereocenters. The monoisotopic (exact) mass is 318 g/mol. The lowest BCUT2D eigenvalue weighted by atomic mass is 9.77. The second kappa shape index (κ2) is 5.38. The van der Waals surface area contributed by atoms with E-state index in [2.05, 4.69) is 37.3 Å². The lowest BCUT2D eigenvalue weighted by Crippen LogP contribution is -2.25. The van der Waals surface area contributed by atoms with Gasteiger partial charge in [-0.25, -0.2) is 4.79 Å². The number of benzene rings is 3. The molecule has 0 aromatic heterocycles. The van der Waals surface area contributed by atoms with E-state index >= 15 is 0 Å². The van der Waals surface area contributed by atoms with E-state index in [0.717, 1.165) is 11.3 Å². The van der Waals surface area contributed by atoms with Crippen LogP contribution >= 0.6 is 0 Å². The van der Waals surface area contributed by atoms with Gasteiger partial charge in [-0.15, -0.1) is 0 Å². The number of hydrogen-bond acceptors (Lipinski definition) is 3. The first kappa shape index (κ1) is 14.8. The Morgan fingerprint density at radius 1 is 1.04 bits per heavy atom. The van der Waals surface area contributed by atoms with Crippen LogP contribution in [0.15, 0.2) is 60.7 Å². The third kappa shape index (κ3) is 2.16. The van der Waals surface area contributed by atoms with E-state index in [1.165, 1.54) is 23.4 Å². The molecule has 4 rings (SSSR count).